The van der Waals surface area contributed by atoms with Crippen LogP contribution in [0.1, 0.15) is 16.1 Å². The highest BCUT2D eigenvalue weighted by Crippen LogP contribution is 2.21. The number of halogens is 2. The van der Waals surface area contributed by atoms with E-state index in [0.29, 0.717) is 34.6 Å². The van der Waals surface area contributed by atoms with Gasteiger partial charge in [0, 0.05) is 25.0 Å². The molecule has 22 heavy (non-hydrogen) atoms. The predicted octanol–water partition coefficient (Wildman–Crippen LogP) is 2.23. The number of hydrogen-bond donors (Lipinski definition) is 3. The van der Waals surface area contributed by atoms with Crippen LogP contribution in [0.4, 0.5) is 5.82 Å². The van der Waals surface area contributed by atoms with Gasteiger partial charge in [0.2, 0.25) is 0 Å². The number of nitrogens with one attached hydrogen (secondary N) is 3. The molecule has 0 fully saturated rings. The molecule has 2 aromatic heterocycles. The maximum absolute atomic E-state index is 11.9. The highest BCUT2D eigenvalue weighted by Gasteiger charge is 2.09. The highest BCUT2D eigenvalue weighted by atomic mass is 35.5. The zero-order valence-corrected chi connectivity index (χ0v) is 13.3. The molecule has 0 spiro atoms. The van der Waals surface area contributed by atoms with Crippen LogP contribution in [-0.2, 0) is 0 Å². The first-order valence-corrected chi connectivity index (χ1v) is 7.26. The summed E-state index contributed by atoms with van der Waals surface area (Å²) in [6.45, 7) is 2.46. The lowest BCUT2D eigenvalue weighted by molar-refractivity contribution is 0.0953. The van der Waals surface area contributed by atoms with Crippen molar-refractivity contribution in [1.82, 2.24) is 15.3 Å². The molecule has 0 aliphatic heterocycles. The number of carbonyl (C=O) groups is 1. The minimum absolute atomic E-state index is 0.0771. The standard InChI is InChI=1S/C14H14Cl2N4O2/c1-8-2-3-10(14(22)20-8)13(21)18-5-4-17-12-11(16)6-9(15)7-19-12/h2-3,6-7H,4-5H2,1H3,(H,17,19)(H,18,21)(H,20,22). The van der Waals surface area contributed by atoms with E-state index in [1.54, 1.807) is 19.1 Å². The summed E-state index contributed by atoms with van der Waals surface area (Å²) in [5.41, 5.74) is 0.368. The summed E-state index contributed by atoms with van der Waals surface area (Å²) in [6.07, 6.45) is 1.47. The number of H-pyrrole nitrogens is 1. The lowest BCUT2D eigenvalue weighted by atomic mass is 10.2. The topological polar surface area (TPSA) is 86.9 Å². The summed E-state index contributed by atoms with van der Waals surface area (Å²) in [6, 6.07) is 4.74. The van der Waals surface area contributed by atoms with Gasteiger partial charge in [-0.05, 0) is 25.1 Å². The summed E-state index contributed by atoms with van der Waals surface area (Å²) in [5, 5.41) is 6.45. The molecule has 0 bridgehead atoms. The quantitative estimate of drug-likeness (QED) is 0.728. The number of aromatic nitrogens is 2. The molecule has 0 aliphatic carbocycles. The third-order valence-corrected chi connectivity index (χ3v) is 3.31. The van der Waals surface area contributed by atoms with Crippen LogP contribution in [0.3, 0.4) is 0 Å². The second-order valence-electron chi connectivity index (χ2n) is 4.55. The molecule has 1 amide bonds. The molecule has 2 aromatic rings. The van der Waals surface area contributed by atoms with Gasteiger partial charge in [0.05, 0.1) is 10.0 Å². The van der Waals surface area contributed by atoms with Gasteiger partial charge in [0.1, 0.15) is 11.4 Å². The lowest BCUT2D eigenvalue weighted by Gasteiger charge is -2.08. The number of aromatic amines is 1. The molecular formula is C14H14Cl2N4O2. The first kappa shape index (κ1) is 16.3. The molecule has 6 nitrogen and oxygen atoms in total. The zero-order valence-electron chi connectivity index (χ0n) is 11.7. The predicted molar refractivity (Wildman–Crippen MR) is 86.9 cm³/mol. The van der Waals surface area contributed by atoms with Crippen LogP contribution >= 0.6 is 23.2 Å². The number of amides is 1. The molecule has 116 valence electrons. The van der Waals surface area contributed by atoms with E-state index in [4.69, 9.17) is 23.2 Å². The van der Waals surface area contributed by atoms with Crippen LogP contribution in [0.2, 0.25) is 10.0 Å². The molecular weight excluding hydrogens is 327 g/mol. The molecule has 0 saturated carbocycles. The minimum atomic E-state index is -0.432. The Labute approximate surface area is 136 Å². The van der Waals surface area contributed by atoms with Crippen molar-refractivity contribution in [1.29, 1.82) is 0 Å². The van der Waals surface area contributed by atoms with Crippen LogP contribution in [-0.4, -0.2) is 29.0 Å². The average molecular weight is 341 g/mol. The Kier molecular flexibility index (Phi) is 5.41. The number of anilines is 1. The van der Waals surface area contributed by atoms with E-state index in [9.17, 15) is 9.59 Å². The Balaban J connectivity index is 1.86. The van der Waals surface area contributed by atoms with Crippen LogP contribution < -0.4 is 16.2 Å². The molecule has 0 atom stereocenters. The fourth-order valence-electron chi connectivity index (χ4n) is 1.75. The molecule has 0 radical (unpaired) electrons. The van der Waals surface area contributed by atoms with Gasteiger partial charge < -0.3 is 15.6 Å². The highest BCUT2D eigenvalue weighted by molar-refractivity contribution is 6.35. The Morgan fingerprint density at radius 2 is 2.09 bits per heavy atom. The number of rotatable bonds is 5. The van der Waals surface area contributed by atoms with Crippen LogP contribution in [0.25, 0.3) is 0 Å². The second-order valence-corrected chi connectivity index (χ2v) is 5.39. The van der Waals surface area contributed by atoms with E-state index in [1.165, 1.54) is 12.3 Å². The Morgan fingerprint density at radius 3 is 2.77 bits per heavy atom. The summed E-state index contributed by atoms with van der Waals surface area (Å²) in [7, 11) is 0. The van der Waals surface area contributed by atoms with Gasteiger partial charge >= 0.3 is 0 Å². The van der Waals surface area contributed by atoms with E-state index in [2.05, 4.69) is 20.6 Å². The monoisotopic (exact) mass is 340 g/mol. The van der Waals surface area contributed by atoms with Gasteiger partial charge in [-0.25, -0.2) is 4.98 Å². The van der Waals surface area contributed by atoms with Gasteiger partial charge in [0.15, 0.2) is 0 Å². The van der Waals surface area contributed by atoms with E-state index < -0.39 is 11.5 Å². The third kappa shape index (κ3) is 4.22. The summed E-state index contributed by atoms with van der Waals surface area (Å²) < 4.78 is 0. The number of pyridine rings is 2. The summed E-state index contributed by atoms with van der Waals surface area (Å²) in [5.74, 6) is 0.0479. The molecule has 8 heteroatoms. The average Bonchev–Trinajstić information content (AvgIpc) is 2.45. The number of hydrogen-bond acceptors (Lipinski definition) is 4. The van der Waals surface area contributed by atoms with Crippen molar-refractivity contribution < 1.29 is 4.79 Å². The molecule has 0 unspecified atom stereocenters. The Morgan fingerprint density at radius 1 is 1.32 bits per heavy atom. The molecule has 3 N–H and O–H groups in total. The molecule has 2 heterocycles. The van der Waals surface area contributed by atoms with Crippen LogP contribution in [0.5, 0.6) is 0 Å². The Bertz CT molecular complexity index is 746. The van der Waals surface area contributed by atoms with E-state index >= 15 is 0 Å². The fourth-order valence-corrected chi connectivity index (χ4v) is 2.19. The number of aryl methyl sites for hydroxylation is 1. The molecule has 2 rings (SSSR count). The van der Waals surface area contributed by atoms with Crippen molar-refractivity contribution in [3.8, 4) is 0 Å². The van der Waals surface area contributed by atoms with Crippen molar-refractivity contribution in [3.05, 3.63) is 56.1 Å². The third-order valence-electron chi connectivity index (χ3n) is 2.81. The zero-order chi connectivity index (χ0) is 16.1. The Hall–Kier alpha value is -2.05. The number of carbonyl (C=O) groups excluding carboxylic acids is 1. The SMILES string of the molecule is Cc1ccc(C(=O)NCCNc2ncc(Cl)cc2Cl)c(=O)[nH]1. The summed E-state index contributed by atoms with van der Waals surface area (Å²) in [4.78, 5) is 30.1. The van der Waals surface area contributed by atoms with Crippen molar-refractivity contribution in [3.63, 3.8) is 0 Å². The van der Waals surface area contributed by atoms with Crippen molar-refractivity contribution in [2.24, 2.45) is 0 Å². The molecule has 0 saturated heterocycles. The van der Waals surface area contributed by atoms with Crippen LogP contribution in [0.15, 0.2) is 29.2 Å². The van der Waals surface area contributed by atoms with Crippen molar-refractivity contribution in [2.45, 2.75) is 6.92 Å². The van der Waals surface area contributed by atoms with Crippen LogP contribution in [0, 0.1) is 6.92 Å². The maximum Gasteiger partial charge on any atom is 0.260 e. The van der Waals surface area contributed by atoms with Gasteiger partial charge in [-0.15, -0.1) is 0 Å². The first-order valence-electron chi connectivity index (χ1n) is 6.50. The van der Waals surface area contributed by atoms with E-state index in [0.717, 1.165) is 0 Å². The molecule has 0 aliphatic rings. The maximum atomic E-state index is 11.9. The van der Waals surface area contributed by atoms with Crippen molar-refractivity contribution >= 4 is 34.9 Å². The van der Waals surface area contributed by atoms with Gasteiger partial charge in [-0.1, -0.05) is 23.2 Å². The number of nitrogens with zero attached hydrogens (tertiary/aromatic N) is 1. The fraction of sp³-hybridized carbons (Fsp3) is 0.214. The van der Waals surface area contributed by atoms with Gasteiger partial charge in [-0.3, -0.25) is 9.59 Å². The second kappa shape index (κ2) is 7.29. The normalized spacial score (nSPS) is 10.3. The lowest BCUT2D eigenvalue weighted by Crippen LogP contribution is -2.33. The first-order chi connectivity index (χ1) is 10.5. The van der Waals surface area contributed by atoms with E-state index in [1.807, 2.05) is 0 Å². The summed E-state index contributed by atoms with van der Waals surface area (Å²) >= 11 is 11.7. The smallest absolute Gasteiger partial charge is 0.260 e. The molecule has 0 aromatic carbocycles. The largest absolute Gasteiger partial charge is 0.367 e. The minimum Gasteiger partial charge on any atom is -0.367 e. The van der Waals surface area contributed by atoms with E-state index in [-0.39, 0.29) is 5.56 Å². The van der Waals surface area contributed by atoms with Gasteiger partial charge in [-0.2, -0.15) is 0 Å². The van der Waals surface area contributed by atoms with Gasteiger partial charge in [0.25, 0.3) is 11.5 Å². The van der Waals surface area contributed by atoms with Crippen molar-refractivity contribution in [2.75, 3.05) is 18.4 Å².